The SMILES string of the molecule is CC(CC(F)(F)F)C(=O)N1CCC(O)(Cn2cc(N=S(C)(C)=O)c(-c3ccccc3)cc2=O)C2(CCCC2)C1. The molecule has 1 aromatic heterocycles. The minimum Gasteiger partial charge on any atom is -0.387 e. The molecule has 0 radical (unpaired) electrons. The smallest absolute Gasteiger partial charge is 0.387 e. The van der Waals surface area contributed by atoms with Gasteiger partial charge in [0.15, 0.2) is 0 Å². The van der Waals surface area contributed by atoms with E-state index in [1.165, 1.54) is 41.2 Å². The summed E-state index contributed by atoms with van der Waals surface area (Å²) in [6.45, 7) is 1.48. The van der Waals surface area contributed by atoms with Gasteiger partial charge in [-0.15, -0.1) is 0 Å². The Morgan fingerprint density at radius 2 is 1.79 bits per heavy atom. The molecule has 11 heteroatoms. The van der Waals surface area contributed by atoms with Crippen LogP contribution in [0.5, 0.6) is 0 Å². The molecule has 1 saturated heterocycles. The summed E-state index contributed by atoms with van der Waals surface area (Å²) in [7, 11) is -2.57. The van der Waals surface area contributed by atoms with E-state index in [0.29, 0.717) is 24.1 Å². The molecule has 1 aromatic carbocycles. The summed E-state index contributed by atoms with van der Waals surface area (Å²) in [6.07, 6.45) is 1.89. The van der Waals surface area contributed by atoms with Gasteiger partial charge in [0.1, 0.15) is 0 Å². The molecule has 1 aliphatic heterocycles. The Morgan fingerprint density at radius 1 is 1.15 bits per heavy atom. The standard InChI is InChI=1S/C28H36F3N3O4S/c1-20(16-28(29,30)31)25(36)33-14-13-27(37,26(18-33)11-7-8-12-26)19-34-17-23(32-39(2,3)38)22(15-24(34)35)21-9-5-4-6-10-21/h4-6,9-10,15,17,20,37H,7-8,11-14,16,18-19H2,1-3H3. The summed E-state index contributed by atoms with van der Waals surface area (Å²) in [5.41, 5.74) is -0.803. The van der Waals surface area contributed by atoms with Crippen LogP contribution >= 0.6 is 0 Å². The maximum atomic E-state index is 13.3. The fourth-order valence-electron chi connectivity index (χ4n) is 6.16. The third-order valence-corrected chi connectivity index (χ3v) is 8.68. The minimum absolute atomic E-state index is 0.0574. The number of carbonyl (C=O) groups is 1. The van der Waals surface area contributed by atoms with Crippen LogP contribution in [-0.4, -0.2) is 62.1 Å². The summed E-state index contributed by atoms with van der Waals surface area (Å²) in [6, 6.07) is 10.6. The Morgan fingerprint density at radius 3 is 2.38 bits per heavy atom. The summed E-state index contributed by atoms with van der Waals surface area (Å²) in [5.74, 6) is -1.77. The minimum atomic E-state index is -4.44. The van der Waals surface area contributed by atoms with Crippen molar-refractivity contribution in [3.63, 3.8) is 0 Å². The van der Waals surface area contributed by atoms with Crippen molar-refractivity contribution >= 4 is 21.3 Å². The number of nitrogens with zero attached hydrogens (tertiary/aromatic N) is 3. The quantitative estimate of drug-likeness (QED) is 0.533. The predicted molar refractivity (Wildman–Crippen MR) is 145 cm³/mol. The number of hydrogen-bond acceptors (Lipinski definition) is 5. The number of hydrogen-bond donors (Lipinski definition) is 1. The normalized spacial score (nSPS) is 22.2. The average molecular weight is 568 g/mol. The Labute approximate surface area is 227 Å². The van der Waals surface area contributed by atoms with Crippen LogP contribution < -0.4 is 5.56 Å². The van der Waals surface area contributed by atoms with Crippen LogP contribution in [0.3, 0.4) is 0 Å². The maximum absolute atomic E-state index is 13.3. The molecule has 1 amide bonds. The van der Waals surface area contributed by atoms with Gasteiger partial charge < -0.3 is 14.6 Å². The highest BCUT2D eigenvalue weighted by molar-refractivity contribution is 7.92. The largest absolute Gasteiger partial charge is 0.389 e. The first-order chi connectivity index (χ1) is 18.1. The van der Waals surface area contributed by atoms with Gasteiger partial charge in [-0.2, -0.15) is 17.5 Å². The highest BCUT2D eigenvalue weighted by atomic mass is 32.2. The van der Waals surface area contributed by atoms with Crippen LogP contribution in [0, 0.1) is 11.3 Å². The van der Waals surface area contributed by atoms with E-state index in [-0.39, 0.29) is 31.6 Å². The van der Waals surface area contributed by atoms with Crippen molar-refractivity contribution in [2.24, 2.45) is 15.7 Å². The second-order valence-electron chi connectivity index (χ2n) is 11.4. The number of amides is 1. The van der Waals surface area contributed by atoms with Crippen LogP contribution in [0.25, 0.3) is 11.1 Å². The van der Waals surface area contributed by atoms with E-state index < -0.39 is 45.2 Å². The molecular formula is C28H36F3N3O4S. The lowest BCUT2D eigenvalue weighted by Crippen LogP contribution is -2.62. The van der Waals surface area contributed by atoms with E-state index in [9.17, 15) is 32.1 Å². The first-order valence-electron chi connectivity index (χ1n) is 13.2. The Kier molecular flexibility index (Phi) is 8.06. The second kappa shape index (κ2) is 10.7. The van der Waals surface area contributed by atoms with Gasteiger partial charge in [-0.3, -0.25) is 9.59 Å². The zero-order valence-corrected chi connectivity index (χ0v) is 23.4. The van der Waals surface area contributed by atoms with Crippen molar-refractivity contribution in [2.75, 3.05) is 25.6 Å². The number of aromatic nitrogens is 1. The molecule has 2 fully saturated rings. The van der Waals surface area contributed by atoms with Gasteiger partial charge in [-0.1, -0.05) is 50.1 Å². The monoisotopic (exact) mass is 567 g/mol. The lowest BCUT2D eigenvalue weighted by molar-refractivity contribution is -0.172. The lowest BCUT2D eigenvalue weighted by atomic mass is 9.65. The number of pyridine rings is 1. The number of carbonyl (C=O) groups excluding carboxylic acids is 1. The molecule has 39 heavy (non-hydrogen) atoms. The molecular weight excluding hydrogens is 531 g/mol. The third kappa shape index (κ3) is 6.57. The number of halogens is 3. The van der Waals surface area contributed by atoms with E-state index >= 15 is 0 Å². The van der Waals surface area contributed by atoms with Gasteiger partial charge in [-0.05, 0) is 24.8 Å². The lowest BCUT2D eigenvalue weighted by Gasteiger charge is -2.52. The van der Waals surface area contributed by atoms with E-state index in [1.54, 1.807) is 0 Å². The Bertz CT molecular complexity index is 1380. The van der Waals surface area contributed by atoms with Crippen LogP contribution in [0.1, 0.15) is 45.4 Å². The number of alkyl halides is 3. The third-order valence-electron chi connectivity index (χ3n) is 8.05. The van der Waals surface area contributed by atoms with Crippen LogP contribution in [0.15, 0.2) is 51.8 Å². The van der Waals surface area contributed by atoms with Gasteiger partial charge in [0.25, 0.3) is 5.56 Å². The maximum Gasteiger partial charge on any atom is 0.389 e. The molecule has 2 aromatic rings. The number of aliphatic hydroxyl groups is 1. The van der Waals surface area contributed by atoms with Gasteiger partial charge in [0.05, 0.1) is 24.3 Å². The first-order valence-corrected chi connectivity index (χ1v) is 15.5. The predicted octanol–water partition coefficient (Wildman–Crippen LogP) is 4.99. The molecule has 2 atom stereocenters. The van der Waals surface area contributed by atoms with Crippen molar-refractivity contribution in [2.45, 2.75) is 63.8 Å². The Hall–Kier alpha value is -2.66. The molecule has 1 saturated carbocycles. The molecule has 1 spiro atoms. The Balaban J connectivity index is 1.68. The molecule has 1 aliphatic carbocycles. The molecule has 2 aliphatic rings. The molecule has 4 rings (SSSR count). The molecule has 7 nitrogen and oxygen atoms in total. The van der Waals surface area contributed by atoms with E-state index in [4.69, 9.17) is 0 Å². The van der Waals surface area contributed by atoms with Crippen molar-refractivity contribution in [3.8, 4) is 11.1 Å². The topological polar surface area (TPSA) is 92.0 Å². The number of likely N-dealkylation sites (tertiary alicyclic amines) is 1. The molecule has 0 bridgehead atoms. The van der Waals surface area contributed by atoms with E-state index in [1.807, 2.05) is 30.3 Å². The van der Waals surface area contributed by atoms with Crippen molar-refractivity contribution in [1.82, 2.24) is 9.47 Å². The van der Waals surface area contributed by atoms with Crippen LogP contribution in [0.4, 0.5) is 18.9 Å². The number of benzene rings is 1. The van der Waals surface area contributed by atoms with Gasteiger partial charge in [0.2, 0.25) is 5.91 Å². The summed E-state index contributed by atoms with van der Waals surface area (Å²) < 4.78 is 57.2. The number of piperidine rings is 1. The highest BCUT2D eigenvalue weighted by Gasteiger charge is 2.56. The molecule has 2 unspecified atom stereocenters. The van der Waals surface area contributed by atoms with Gasteiger partial charge in [0, 0.05) is 64.5 Å². The summed E-state index contributed by atoms with van der Waals surface area (Å²) in [5, 5.41) is 12.1. The summed E-state index contributed by atoms with van der Waals surface area (Å²) in [4.78, 5) is 27.7. The van der Waals surface area contributed by atoms with Crippen molar-refractivity contribution in [3.05, 3.63) is 52.9 Å². The van der Waals surface area contributed by atoms with Gasteiger partial charge >= 0.3 is 6.18 Å². The summed E-state index contributed by atoms with van der Waals surface area (Å²) >= 11 is 0. The van der Waals surface area contributed by atoms with Gasteiger partial charge in [-0.25, -0.2) is 4.21 Å². The highest BCUT2D eigenvalue weighted by Crippen LogP contribution is 2.52. The zero-order valence-electron chi connectivity index (χ0n) is 22.5. The fraction of sp³-hybridized carbons (Fsp3) is 0.571. The molecule has 2 heterocycles. The van der Waals surface area contributed by atoms with E-state index in [0.717, 1.165) is 18.4 Å². The average Bonchev–Trinajstić information content (AvgIpc) is 3.31. The fourth-order valence-corrected chi connectivity index (χ4v) is 6.78. The van der Waals surface area contributed by atoms with Crippen molar-refractivity contribution < 1.29 is 27.3 Å². The number of rotatable bonds is 6. The molecule has 1 N–H and O–H groups in total. The van der Waals surface area contributed by atoms with Crippen LogP contribution in [-0.2, 0) is 21.1 Å². The molecule has 214 valence electrons. The van der Waals surface area contributed by atoms with Crippen molar-refractivity contribution in [1.29, 1.82) is 0 Å². The second-order valence-corrected chi connectivity index (χ2v) is 14.0. The first kappa shape index (κ1) is 29.3. The van der Waals surface area contributed by atoms with Crippen LogP contribution in [0.2, 0.25) is 0 Å². The van der Waals surface area contributed by atoms with E-state index in [2.05, 4.69) is 4.36 Å². The zero-order chi connectivity index (χ0) is 28.6.